The summed E-state index contributed by atoms with van der Waals surface area (Å²) < 4.78 is 11.1. The largest absolute Gasteiger partial charge is 0.464 e. The Morgan fingerprint density at radius 3 is 2.75 bits per heavy atom. The van der Waals surface area contributed by atoms with Gasteiger partial charge in [0.2, 0.25) is 6.29 Å². The zero-order valence-electron chi connectivity index (χ0n) is 10.9. The van der Waals surface area contributed by atoms with E-state index in [1.165, 1.54) is 0 Å². The number of aliphatic hydroxyl groups is 3. The van der Waals surface area contributed by atoms with Gasteiger partial charge in [0.1, 0.15) is 18.0 Å². The smallest absolute Gasteiger partial charge is 0.202 e. The maximum atomic E-state index is 9.73. The Morgan fingerprint density at radius 1 is 1.30 bits per heavy atom. The van der Waals surface area contributed by atoms with Crippen molar-refractivity contribution in [1.82, 2.24) is 0 Å². The highest BCUT2D eigenvalue weighted by molar-refractivity contribution is 5.32. The second kappa shape index (κ2) is 6.98. The molecule has 1 fully saturated rings. The van der Waals surface area contributed by atoms with Gasteiger partial charge in [-0.15, -0.1) is 0 Å². The molecule has 1 heterocycles. The molecule has 0 spiro atoms. The van der Waals surface area contributed by atoms with Crippen molar-refractivity contribution in [3.63, 3.8) is 0 Å². The third-order valence-corrected chi connectivity index (χ3v) is 3.19. The Bertz CT molecular complexity index is 429. The second-order valence-corrected chi connectivity index (χ2v) is 4.62. The molecule has 0 radical (unpaired) electrons. The van der Waals surface area contributed by atoms with E-state index in [-0.39, 0.29) is 13.0 Å². The minimum atomic E-state index is -1.12. The first-order valence-corrected chi connectivity index (χ1v) is 6.34. The number of ether oxygens (including phenoxy) is 2. The van der Waals surface area contributed by atoms with Crippen molar-refractivity contribution in [3.8, 4) is 5.75 Å². The van der Waals surface area contributed by atoms with Gasteiger partial charge in [0.05, 0.1) is 19.3 Å². The van der Waals surface area contributed by atoms with Gasteiger partial charge in [0.15, 0.2) is 0 Å². The Morgan fingerprint density at radius 2 is 2.05 bits per heavy atom. The third kappa shape index (κ3) is 3.45. The van der Waals surface area contributed by atoms with E-state index in [2.05, 4.69) is 4.84 Å². The lowest BCUT2D eigenvalue weighted by atomic mass is 10.0. The molecule has 0 aromatic heterocycles. The molecular formula is C13H19NO6. The number of benzene rings is 1. The Balaban J connectivity index is 2.06. The topological polar surface area (TPSA) is 114 Å². The van der Waals surface area contributed by atoms with Gasteiger partial charge in [-0.1, -0.05) is 18.2 Å². The van der Waals surface area contributed by atoms with Crippen LogP contribution >= 0.6 is 0 Å². The van der Waals surface area contributed by atoms with E-state index < -0.39 is 31.2 Å². The van der Waals surface area contributed by atoms with Crippen molar-refractivity contribution in [1.29, 1.82) is 0 Å². The van der Waals surface area contributed by atoms with Gasteiger partial charge < -0.3 is 24.8 Å². The second-order valence-electron chi connectivity index (χ2n) is 4.62. The average Bonchev–Trinajstić information content (AvgIpc) is 2.45. The van der Waals surface area contributed by atoms with Gasteiger partial charge in [-0.25, -0.2) is 5.90 Å². The lowest BCUT2D eigenvalue weighted by Gasteiger charge is -2.36. The molecule has 7 heteroatoms. The summed E-state index contributed by atoms with van der Waals surface area (Å²) in [7, 11) is 0. The molecule has 0 saturated carbocycles. The Hall–Kier alpha value is -1.22. The van der Waals surface area contributed by atoms with E-state index in [0.29, 0.717) is 5.75 Å². The highest BCUT2D eigenvalue weighted by atomic mass is 16.7. The summed E-state index contributed by atoms with van der Waals surface area (Å²) in [4.78, 5) is 4.59. The molecule has 1 saturated heterocycles. The van der Waals surface area contributed by atoms with Crippen LogP contribution in [-0.4, -0.2) is 46.5 Å². The summed E-state index contributed by atoms with van der Waals surface area (Å²) in [5, 5.41) is 28.5. The first-order chi connectivity index (χ1) is 9.65. The molecule has 20 heavy (non-hydrogen) atoms. The number of hydrogen-bond donors (Lipinski definition) is 4. The Kier molecular flexibility index (Phi) is 5.30. The molecule has 1 aliphatic heterocycles. The predicted molar refractivity (Wildman–Crippen MR) is 68.4 cm³/mol. The first-order valence-electron chi connectivity index (χ1n) is 6.34. The number of hydrogen-bond acceptors (Lipinski definition) is 7. The van der Waals surface area contributed by atoms with Crippen LogP contribution in [0.4, 0.5) is 0 Å². The normalized spacial score (nSPS) is 30.2. The maximum absolute atomic E-state index is 9.73. The monoisotopic (exact) mass is 285 g/mol. The number of rotatable bonds is 5. The Labute approximate surface area is 116 Å². The van der Waals surface area contributed by atoms with E-state index in [1.54, 1.807) is 18.2 Å². The summed E-state index contributed by atoms with van der Waals surface area (Å²) in [6, 6.07) is 7.12. The van der Waals surface area contributed by atoms with Crippen LogP contribution in [0.25, 0.3) is 0 Å². The highest BCUT2D eigenvalue weighted by Crippen LogP contribution is 2.26. The van der Waals surface area contributed by atoms with Crippen LogP contribution in [-0.2, 0) is 16.2 Å². The minimum Gasteiger partial charge on any atom is -0.464 e. The summed E-state index contributed by atoms with van der Waals surface area (Å²) in [6.45, 7) is -0.219. The lowest BCUT2D eigenvalue weighted by molar-refractivity contribution is -0.230. The summed E-state index contributed by atoms with van der Waals surface area (Å²) in [5.41, 5.74) is 0.736. The van der Waals surface area contributed by atoms with Gasteiger partial charge >= 0.3 is 0 Å². The number of aliphatic hydroxyl groups excluding tert-OH is 3. The van der Waals surface area contributed by atoms with Crippen molar-refractivity contribution in [2.24, 2.45) is 5.90 Å². The SMILES string of the molecule is NOCc1ccccc1O[C@H]1C[C@@H](O)[C@H](O)C(CO)O1. The van der Waals surface area contributed by atoms with E-state index in [0.717, 1.165) is 5.56 Å². The molecule has 0 bridgehead atoms. The van der Waals surface area contributed by atoms with Gasteiger partial charge in [-0.2, -0.15) is 0 Å². The molecule has 0 aliphatic carbocycles. The molecule has 2 rings (SSSR count). The van der Waals surface area contributed by atoms with E-state index >= 15 is 0 Å². The maximum Gasteiger partial charge on any atom is 0.202 e. The molecule has 1 aromatic carbocycles. The summed E-state index contributed by atoms with van der Waals surface area (Å²) in [5.74, 6) is 5.57. The van der Waals surface area contributed by atoms with Crippen LogP contribution in [0.1, 0.15) is 12.0 Å². The fourth-order valence-corrected chi connectivity index (χ4v) is 2.11. The fourth-order valence-electron chi connectivity index (χ4n) is 2.11. The highest BCUT2D eigenvalue weighted by Gasteiger charge is 2.37. The summed E-state index contributed by atoms with van der Waals surface area (Å²) in [6.07, 6.45) is -3.66. The molecule has 4 atom stereocenters. The minimum absolute atomic E-state index is 0.107. The fraction of sp³-hybridized carbons (Fsp3) is 0.538. The molecule has 112 valence electrons. The molecule has 1 unspecified atom stereocenters. The van der Waals surface area contributed by atoms with Crippen molar-refractivity contribution in [2.45, 2.75) is 37.6 Å². The van der Waals surface area contributed by atoms with Crippen LogP contribution < -0.4 is 10.6 Å². The van der Waals surface area contributed by atoms with E-state index in [1.807, 2.05) is 6.07 Å². The summed E-state index contributed by atoms with van der Waals surface area (Å²) >= 11 is 0. The van der Waals surface area contributed by atoms with Crippen molar-refractivity contribution < 1.29 is 29.6 Å². The quantitative estimate of drug-likeness (QED) is 0.528. The molecule has 5 N–H and O–H groups in total. The zero-order valence-corrected chi connectivity index (χ0v) is 10.9. The number of nitrogens with two attached hydrogens (primary N) is 1. The van der Waals surface area contributed by atoms with Crippen molar-refractivity contribution >= 4 is 0 Å². The van der Waals surface area contributed by atoms with E-state index in [4.69, 9.17) is 20.5 Å². The van der Waals surface area contributed by atoms with Crippen LogP contribution in [0.15, 0.2) is 24.3 Å². The van der Waals surface area contributed by atoms with Gasteiger partial charge in [-0.3, -0.25) is 4.84 Å². The third-order valence-electron chi connectivity index (χ3n) is 3.19. The molecule has 1 aliphatic rings. The zero-order chi connectivity index (χ0) is 14.5. The average molecular weight is 285 g/mol. The predicted octanol–water partition coefficient (Wildman–Crippen LogP) is -0.715. The molecule has 1 aromatic rings. The van der Waals surface area contributed by atoms with E-state index in [9.17, 15) is 10.2 Å². The van der Waals surface area contributed by atoms with Crippen LogP contribution in [0.2, 0.25) is 0 Å². The number of para-hydroxylation sites is 1. The van der Waals surface area contributed by atoms with Crippen LogP contribution in [0.3, 0.4) is 0 Å². The van der Waals surface area contributed by atoms with Crippen molar-refractivity contribution in [2.75, 3.05) is 6.61 Å². The molecule has 0 amide bonds. The van der Waals surface area contributed by atoms with Crippen LogP contribution in [0, 0.1) is 0 Å². The van der Waals surface area contributed by atoms with Gasteiger partial charge in [0, 0.05) is 12.0 Å². The lowest BCUT2D eigenvalue weighted by Crippen LogP contribution is -2.51. The standard InChI is InChI=1S/C13H19NO6/c14-18-7-8-3-1-2-4-10(8)19-12-5-9(16)13(17)11(6-15)20-12/h1-4,9,11-13,15-17H,5-7,14H2/t9-,11?,12-,13+/m1/s1. The van der Waals surface area contributed by atoms with Crippen LogP contribution in [0.5, 0.6) is 5.75 Å². The molecular weight excluding hydrogens is 266 g/mol. The van der Waals surface area contributed by atoms with Gasteiger partial charge in [0.25, 0.3) is 0 Å². The van der Waals surface area contributed by atoms with Crippen molar-refractivity contribution in [3.05, 3.63) is 29.8 Å². The molecule has 7 nitrogen and oxygen atoms in total. The van der Waals surface area contributed by atoms with Gasteiger partial charge in [-0.05, 0) is 6.07 Å². The first kappa shape index (κ1) is 15.2.